The summed E-state index contributed by atoms with van der Waals surface area (Å²) >= 11 is 3.40. The van der Waals surface area contributed by atoms with E-state index in [9.17, 15) is 5.11 Å². The number of aryl methyl sites for hydroxylation is 1. The first-order valence-corrected chi connectivity index (χ1v) is 6.43. The first-order valence-electron chi connectivity index (χ1n) is 5.64. The Kier molecular flexibility index (Phi) is 3.97. The fraction of sp³-hybridized carbons (Fsp3) is 0.200. The summed E-state index contributed by atoms with van der Waals surface area (Å²) in [4.78, 5) is 0. The molecule has 1 nitrogen and oxygen atoms in total. The molecule has 0 heterocycles. The number of halogens is 1. The largest absolute Gasteiger partial charge is 0.388 e. The van der Waals surface area contributed by atoms with E-state index in [1.165, 1.54) is 5.56 Å². The summed E-state index contributed by atoms with van der Waals surface area (Å²) in [5, 5.41) is 10.2. The van der Waals surface area contributed by atoms with Gasteiger partial charge in [-0.05, 0) is 30.2 Å². The van der Waals surface area contributed by atoms with Crippen molar-refractivity contribution >= 4 is 15.9 Å². The van der Waals surface area contributed by atoms with Gasteiger partial charge in [0.15, 0.2) is 0 Å². The first-order chi connectivity index (χ1) is 8.15. The van der Waals surface area contributed by atoms with Crippen LogP contribution in [0.1, 0.15) is 22.8 Å². The van der Waals surface area contributed by atoms with Crippen LogP contribution in [0.15, 0.2) is 53.0 Å². The monoisotopic (exact) mass is 290 g/mol. The Labute approximate surface area is 110 Å². The van der Waals surface area contributed by atoms with Gasteiger partial charge in [0.05, 0.1) is 6.10 Å². The van der Waals surface area contributed by atoms with Crippen LogP contribution < -0.4 is 0 Å². The highest BCUT2D eigenvalue weighted by Gasteiger charge is 2.08. The quantitative estimate of drug-likeness (QED) is 0.905. The number of benzene rings is 2. The highest BCUT2D eigenvalue weighted by molar-refractivity contribution is 9.10. The number of hydrogen-bond donors (Lipinski definition) is 1. The molecule has 2 rings (SSSR count). The van der Waals surface area contributed by atoms with Crippen LogP contribution in [0.2, 0.25) is 0 Å². The molecule has 1 N–H and O–H groups in total. The zero-order chi connectivity index (χ0) is 12.3. The van der Waals surface area contributed by atoms with Crippen molar-refractivity contribution in [2.24, 2.45) is 0 Å². The van der Waals surface area contributed by atoms with Gasteiger partial charge in [-0.3, -0.25) is 0 Å². The van der Waals surface area contributed by atoms with Gasteiger partial charge in [0.25, 0.3) is 0 Å². The van der Waals surface area contributed by atoms with Crippen molar-refractivity contribution in [2.75, 3.05) is 0 Å². The van der Waals surface area contributed by atoms with Gasteiger partial charge < -0.3 is 5.11 Å². The second-order valence-electron chi connectivity index (χ2n) is 4.26. The number of aliphatic hydroxyl groups excluding tert-OH is 1. The Morgan fingerprint density at radius 3 is 2.47 bits per heavy atom. The average molecular weight is 291 g/mol. The molecule has 0 radical (unpaired) electrons. The fourth-order valence-electron chi connectivity index (χ4n) is 1.84. The van der Waals surface area contributed by atoms with Crippen molar-refractivity contribution in [3.63, 3.8) is 0 Å². The van der Waals surface area contributed by atoms with E-state index in [1.54, 1.807) is 0 Å². The van der Waals surface area contributed by atoms with Crippen molar-refractivity contribution in [1.29, 1.82) is 0 Å². The normalized spacial score (nSPS) is 12.4. The molecule has 88 valence electrons. The summed E-state index contributed by atoms with van der Waals surface area (Å²) in [5.41, 5.74) is 3.30. The predicted octanol–water partition coefficient (Wildman–Crippen LogP) is 4.03. The van der Waals surface area contributed by atoms with Gasteiger partial charge in [-0.15, -0.1) is 0 Å². The van der Waals surface area contributed by atoms with Crippen molar-refractivity contribution in [3.8, 4) is 0 Å². The van der Waals surface area contributed by atoms with Crippen molar-refractivity contribution in [2.45, 2.75) is 19.4 Å². The molecule has 2 aromatic carbocycles. The number of hydrogen-bond acceptors (Lipinski definition) is 1. The molecule has 2 heteroatoms. The van der Waals surface area contributed by atoms with Gasteiger partial charge in [-0.2, -0.15) is 0 Å². The minimum atomic E-state index is -0.434. The Morgan fingerprint density at radius 2 is 1.82 bits per heavy atom. The number of aliphatic hydroxyl groups is 1. The molecule has 0 fully saturated rings. The lowest BCUT2D eigenvalue weighted by molar-refractivity contribution is 0.178. The van der Waals surface area contributed by atoms with Gasteiger partial charge in [0.2, 0.25) is 0 Å². The Bertz CT molecular complexity index is 491. The Balaban J connectivity index is 2.11. The summed E-state index contributed by atoms with van der Waals surface area (Å²) in [6.45, 7) is 2.04. The first kappa shape index (κ1) is 12.3. The third kappa shape index (κ3) is 3.42. The summed E-state index contributed by atoms with van der Waals surface area (Å²) in [5.74, 6) is 0. The molecule has 0 aliphatic rings. The topological polar surface area (TPSA) is 20.2 Å². The van der Waals surface area contributed by atoms with Crippen LogP contribution in [0.5, 0.6) is 0 Å². The molecule has 2 aromatic rings. The van der Waals surface area contributed by atoms with Gasteiger partial charge in [-0.1, -0.05) is 57.9 Å². The predicted molar refractivity (Wildman–Crippen MR) is 74.0 cm³/mol. The molecule has 0 spiro atoms. The third-order valence-electron chi connectivity index (χ3n) is 2.77. The van der Waals surface area contributed by atoms with Gasteiger partial charge in [0.1, 0.15) is 0 Å². The molecular formula is C15H15BrO. The maximum absolute atomic E-state index is 10.2. The third-order valence-corrected chi connectivity index (χ3v) is 3.30. The average Bonchev–Trinajstić information content (AvgIpc) is 2.32. The van der Waals surface area contributed by atoms with Gasteiger partial charge >= 0.3 is 0 Å². The van der Waals surface area contributed by atoms with E-state index < -0.39 is 6.10 Å². The summed E-state index contributed by atoms with van der Waals surface area (Å²) in [7, 11) is 0. The van der Waals surface area contributed by atoms with Gasteiger partial charge in [0, 0.05) is 10.9 Å². The molecule has 0 aliphatic heterocycles. The van der Waals surface area contributed by atoms with Crippen molar-refractivity contribution in [3.05, 3.63) is 69.7 Å². The second-order valence-corrected chi connectivity index (χ2v) is 5.18. The molecule has 1 unspecified atom stereocenters. The maximum Gasteiger partial charge on any atom is 0.0830 e. The lowest BCUT2D eigenvalue weighted by atomic mass is 10.0. The van der Waals surface area contributed by atoms with Crippen LogP contribution in [0, 0.1) is 6.92 Å². The summed E-state index contributed by atoms with van der Waals surface area (Å²) in [6.07, 6.45) is 0.215. The highest BCUT2D eigenvalue weighted by atomic mass is 79.9. The molecule has 17 heavy (non-hydrogen) atoms. The van der Waals surface area contributed by atoms with E-state index in [4.69, 9.17) is 0 Å². The molecule has 0 aromatic heterocycles. The van der Waals surface area contributed by atoms with E-state index in [1.807, 2.05) is 55.5 Å². The van der Waals surface area contributed by atoms with Crippen molar-refractivity contribution < 1.29 is 5.11 Å². The van der Waals surface area contributed by atoms with E-state index >= 15 is 0 Å². The smallest absolute Gasteiger partial charge is 0.0830 e. The number of rotatable bonds is 3. The van der Waals surface area contributed by atoms with E-state index in [0.29, 0.717) is 6.42 Å². The zero-order valence-corrected chi connectivity index (χ0v) is 11.3. The molecule has 1 atom stereocenters. The lowest BCUT2D eigenvalue weighted by Crippen LogP contribution is -2.01. The Morgan fingerprint density at radius 1 is 1.12 bits per heavy atom. The van der Waals surface area contributed by atoms with E-state index in [0.717, 1.165) is 15.6 Å². The zero-order valence-electron chi connectivity index (χ0n) is 9.73. The molecule has 0 saturated heterocycles. The molecule has 0 saturated carbocycles. The maximum atomic E-state index is 10.2. The van der Waals surface area contributed by atoms with E-state index in [2.05, 4.69) is 15.9 Å². The minimum Gasteiger partial charge on any atom is -0.388 e. The van der Waals surface area contributed by atoms with Crippen molar-refractivity contribution in [1.82, 2.24) is 0 Å². The molecule has 0 aliphatic carbocycles. The van der Waals surface area contributed by atoms with Crippen LogP contribution in [-0.2, 0) is 6.42 Å². The summed E-state index contributed by atoms with van der Waals surface area (Å²) in [6, 6.07) is 16.1. The second kappa shape index (κ2) is 5.48. The van der Waals surface area contributed by atoms with Crippen LogP contribution >= 0.6 is 15.9 Å². The lowest BCUT2D eigenvalue weighted by Gasteiger charge is -2.11. The summed E-state index contributed by atoms with van der Waals surface area (Å²) < 4.78 is 1.06. The highest BCUT2D eigenvalue weighted by Crippen LogP contribution is 2.20. The molecule has 0 bridgehead atoms. The molecule has 0 amide bonds. The SMILES string of the molecule is Cc1cccc(C(O)Cc2ccc(Br)cc2)c1. The standard InChI is InChI=1S/C15H15BrO/c1-11-3-2-4-13(9-11)15(17)10-12-5-7-14(16)8-6-12/h2-9,15,17H,10H2,1H3. The van der Waals surface area contributed by atoms with Gasteiger partial charge in [-0.25, -0.2) is 0 Å². The van der Waals surface area contributed by atoms with E-state index in [-0.39, 0.29) is 0 Å². The van der Waals surface area contributed by atoms with Crippen LogP contribution in [-0.4, -0.2) is 5.11 Å². The minimum absolute atomic E-state index is 0.434. The van der Waals surface area contributed by atoms with Crippen LogP contribution in [0.3, 0.4) is 0 Å². The fourth-order valence-corrected chi connectivity index (χ4v) is 2.10. The Hall–Kier alpha value is -1.12. The van der Waals surface area contributed by atoms with Crippen LogP contribution in [0.25, 0.3) is 0 Å². The molecular weight excluding hydrogens is 276 g/mol. The van der Waals surface area contributed by atoms with Crippen LogP contribution in [0.4, 0.5) is 0 Å².